The molecule has 0 radical (unpaired) electrons. The minimum absolute atomic E-state index is 0.00468. The smallest absolute Gasteiger partial charge is 0.322 e. The van der Waals surface area contributed by atoms with Crippen molar-refractivity contribution in [2.75, 3.05) is 18.4 Å². The highest BCUT2D eigenvalue weighted by molar-refractivity contribution is 7.89. The third-order valence-electron chi connectivity index (χ3n) is 4.59. The second-order valence-electron chi connectivity index (χ2n) is 6.54. The van der Waals surface area contributed by atoms with E-state index in [4.69, 9.17) is 8.83 Å². The summed E-state index contributed by atoms with van der Waals surface area (Å²) in [5.74, 6) is -1.04. The number of halogens is 1. The number of hydrogen-bond donors (Lipinski definition) is 1. The van der Waals surface area contributed by atoms with E-state index in [9.17, 15) is 17.6 Å². The number of nitrogens with one attached hydrogen (secondary N) is 1. The maximum Gasteiger partial charge on any atom is 0.322 e. The summed E-state index contributed by atoms with van der Waals surface area (Å²) in [5.41, 5.74) is 0. The molecule has 29 heavy (non-hydrogen) atoms. The number of nitrogens with zero attached hydrogens (tertiary/aromatic N) is 3. The van der Waals surface area contributed by atoms with Gasteiger partial charge in [0, 0.05) is 13.1 Å². The van der Waals surface area contributed by atoms with Crippen molar-refractivity contribution in [3.63, 3.8) is 0 Å². The van der Waals surface area contributed by atoms with E-state index in [1.54, 1.807) is 12.1 Å². The topological polar surface area (TPSA) is 119 Å². The summed E-state index contributed by atoms with van der Waals surface area (Å²) in [4.78, 5) is 12.6. The summed E-state index contributed by atoms with van der Waals surface area (Å²) in [6.45, 7) is 0.289. The molecule has 11 heteroatoms. The molecular formula is C18H17FN4O5S. The lowest BCUT2D eigenvalue weighted by Gasteiger charge is -2.30. The SMILES string of the molecule is O=C(Nc1nnc(-c2ccco2)o1)C1CCCN(S(=O)(=O)c2ccc(F)cc2)C1. The predicted molar refractivity (Wildman–Crippen MR) is 98.5 cm³/mol. The highest BCUT2D eigenvalue weighted by Crippen LogP contribution is 2.25. The fraction of sp³-hybridized carbons (Fsp3) is 0.278. The molecule has 152 valence electrons. The van der Waals surface area contributed by atoms with Crippen LogP contribution in [0.1, 0.15) is 12.8 Å². The van der Waals surface area contributed by atoms with Crippen molar-refractivity contribution in [2.45, 2.75) is 17.7 Å². The Kier molecular flexibility index (Phi) is 5.16. The Morgan fingerprint density at radius 2 is 2.00 bits per heavy atom. The molecule has 4 rings (SSSR count). The quantitative estimate of drug-likeness (QED) is 0.674. The van der Waals surface area contributed by atoms with Gasteiger partial charge in [0.05, 0.1) is 17.1 Å². The van der Waals surface area contributed by atoms with Gasteiger partial charge in [-0.3, -0.25) is 10.1 Å². The molecule has 1 saturated heterocycles. The zero-order chi connectivity index (χ0) is 20.4. The summed E-state index contributed by atoms with van der Waals surface area (Å²) < 4.78 is 50.4. The zero-order valence-electron chi connectivity index (χ0n) is 15.1. The van der Waals surface area contributed by atoms with Crippen LogP contribution in [0.4, 0.5) is 10.4 Å². The first-order valence-corrected chi connectivity index (χ1v) is 10.3. The molecule has 0 saturated carbocycles. The Labute approximate surface area is 165 Å². The molecule has 3 heterocycles. The van der Waals surface area contributed by atoms with E-state index in [0.717, 1.165) is 12.1 Å². The first-order valence-electron chi connectivity index (χ1n) is 8.87. The number of carbonyl (C=O) groups is 1. The lowest BCUT2D eigenvalue weighted by Crippen LogP contribution is -2.43. The first-order chi connectivity index (χ1) is 13.9. The summed E-state index contributed by atoms with van der Waals surface area (Å²) in [5, 5.41) is 10.1. The summed E-state index contributed by atoms with van der Waals surface area (Å²) >= 11 is 0. The van der Waals surface area contributed by atoms with Gasteiger partial charge in [0.25, 0.3) is 5.89 Å². The molecule has 2 aromatic heterocycles. The lowest BCUT2D eigenvalue weighted by molar-refractivity contribution is -0.121. The Hall–Kier alpha value is -3.05. The van der Waals surface area contributed by atoms with Gasteiger partial charge in [-0.1, -0.05) is 5.10 Å². The molecule has 1 aliphatic rings. The maximum absolute atomic E-state index is 13.1. The third kappa shape index (κ3) is 4.05. The number of piperidine rings is 1. The predicted octanol–water partition coefficient (Wildman–Crippen LogP) is 2.51. The Morgan fingerprint density at radius 3 is 2.72 bits per heavy atom. The van der Waals surface area contributed by atoms with E-state index >= 15 is 0 Å². The van der Waals surface area contributed by atoms with Crippen LogP contribution in [0.5, 0.6) is 0 Å². The highest BCUT2D eigenvalue weighted by Gasteiger charge is 2.33. The van der Waals surface area contributed by atoms with E-state index in [0.29, 0.717) is 18.6 Å². The van der Waals surface area contributed by atoms with Crippen molar-refractivity contribution >= 4 is 21.9 Å². The van der Waals surface area contributed by atoms with Crippen LogP contribution in [-0.4, -0.2) is 41.9 Å². The average molecular weight is 420 g/mol. The van der Waals surface area contributed by atoms with Gasteiger partial charge < -0.3 is 8.83 Å². The van der Waals surface area contributed by atoms with Gasteiger partial charge in [0.2, 0.25) is 15.9 Å². The molecule has 1 amide bonds. The first kappa shape index (κ1) is 19.3. The van der Waals surface area contributed by atoms with Gasteiger partial charge >= 0.3 is 6.01 Å². The number of carbonyl (C=O) groups excluding carboxylic acids is 1. The number of furan rings is 1. The molecule has 0 bridgehead atoms. The standard InChI is InChI=1S/C18H17FN4O5S/c19-13-5-7-14(8-6-13)29(25,26)23-9-1-3-12(11-23)16(24)20-18-22-21-17(28-18)15-4-2-10-27-15/h2,4-8,10,12H,1,3,9,11H2,(H,20,22,24). The molecule has 0 spiro atoms. The van der Waals surface area contributed by atoms with Crippen LogP contribution in [-0.2, 0) is 14.8 Å². The van der Waals surface area contributed by atoms with Gasteiger partial charge in [-0.15, -0.1) is 5.10 Å². The largest absolute Gasteiger partial charge is 0.459 e. The van der Waals surface area contributed by atoms with Crippen LogP contribution < -0.4 is 5.32 Å². The third-order valence-corrected chi connectivity index (χ3v) is 6.47. The van der Waals surface area contributed by atoms with E-state index in [1.807, 2.05) is 0 Å². The Bertz CT molecular complexity index is 1100. The van der Waals surface area contributed by atoms with Crippen LogP contribution >= 0.6 is 0 Å². The van der Waals surface area contributed by atoms with Crippen molar-refractivity contribution in [3.05, 3.63) is 48.5 Å². The molecule has 1 N–H and O–H groups in total. The number of rotatable bonds is 5. The van der Waals surface area contributed by atoms with Crippen molar-refractivity contribution in [2.24, 2.45) is 5.92 Å². The number of benzene rings is 1. The second kappa shape index (κ2) is 7.76. The number of aromatic nitrogens is 2. The molecule has 1 fully saturated rings. The van der Waals surface area contributed by atoms with Crippen LogP contribution in [0, 0.1) is 11.7 Å². The maximum atomic E-state index is 13.1. The fourth-order valence-electron chi connectivity index (χ4n) is 3.11. The van der Waals surface area contributed by atoms with Crippen LogP contribution in [0.25, 0.3) is 11.7 Å². The molecule has 0 aliphatic carbocycles. The fourth-order valence-corrected chi connectivity index (χ4v) is 4.64. The van der Waals surface area contributed by atoms with E-state index in [-0.39, 0.29) is 29.9 Å². The van der Waals surface area contributed by atoms with Crippen molar-refractivity contribution < 1.29 is 26.4 Å². The van der Waals surface area contributed by atoms with Gasteiger partial charge in [-0.05, 0) is 49.2 Å². The van der Waals surface area contributed by atoms with Gasteiger partial charge in [0.15, 0.2) is 5.76 Å². The number of hydrogen-bond acceptors (Lipinski definition) is 7. The van der Waals surface area contributed by atoms with Crippen LogP contribution in [0.3, 0.4) is 0 Å². The lowest BCUT2D eigenvalue weighted by atomic mass is 9.99. The van der Waals surface area contributed by atoms with E-state index < -0.39 is 27.7 Å². The van der Waals surface area contributed by atoms with Crippen molar-refractivity contribution in [3.8, 4) is 11.7 Å². The second-order valence-corrected chi connectivity index (χ2v) is 8.47. The molecule has 3 aromatic rings. The van der Waals surface area contributed by atoms with E-state index in [2.05, 4.69) is 15.5 Å². The highest BCUT2D eigenvalue weighted by atomic mass is 32.2. The zero-order valence-corrected chi connectivity index (χ0v) is 15.9. The normalized spacial score (nSPS) is 17.9. The van der Waals surface area contributed by atoms with Crippen LogP contribution in [0.15, 0.2) is 56.4 Å². The number of anilines is 1. The summed E-state index contributed by atoms with van der Waals surface area (Å²) in [7, 11) is -3.82. The molecule has 1 aromatic carbocycles. The number of amides is 1. The molecule has 1 unspecified atom stereocenters. The van der Waals surface area contributed by atoms with Gasteiger partial charge in [-0.25, -0.2) is 12.8 Å². The number of sulfonamides is 1. The molecule has 1 aliphatic heterocycles. The molecule has 9 nitrogen and oxygen atoms in total. The van der Waals surface area contributed by atoms with E-state index in [1.165, 1.54) is 22.7 Å². The van der Waals surface area contributed by atoms with Crippen LogP contribution in [0.2, 0.25) is 0 Å². The van der Waals surface area contributed by atoms with Crippen molar-refractivity contribution in [1.29, 1.82) is 0 Å². The molecular weight excluding hydrogens is 403 g/mol. The summed E-state index contributed by atoms with van der Waals surface area (Å²) in [6.07, 6.45) is 2.48. The Balaban J connectivity index is 1.44. The minimum atomic E-state index is -3.82. The Morgan fingerprint density at radius 1 is 1.21 bits per heavy atom. The molecule has 1 atom stereocenters. The van der Waals surface area contributed by atoms with Gasteiger partial charge in [-0.2, -0.15) is 4.31 Å². The minimum Gasteiger partial charge on any atom is -0.459 e. The average Bonchev–Trinajstić information content (AvgIpc) is 3.40. The monoisotopic (exact) mass is 420 g/mol. The van der Waals surface area contributed by atoms with Gasteiger partial charge in [0.1, 0.15) is 5.82 Å². The van der Waals surface area contributed by atoms with Crippen molar-refractivity contribution in [1.82, 2.24) is 14.5 Å². The summed E-state index contributed by atoms with van der Waals surface area (Å²) in [6, 6.07) is 7.81.